The minimum Gasteiger partial charge on any atom is -0.354 e. The Morgan fingerprint density at radius 3 is 2.20 bits per heavy atom. The topological polar surface area (TPSA) is 130 Å². The molecule has 0 unspecified atom stereocenters. The second-order valence-corrected chi connectivity index (χ2v) is 11.8. The van der Waals surface area contributed by atoms with E-state index in [0.717, 1.165) is 27.2 Å². The standard InChI is InChI=1S/C28H31BrN4O6S/c1-3-4-18-30-28(35)21(2)31(19-22-10-12-23(29)13-11-22)27(34)20-32(24-14-16-25(17-15-24)33(36)37)40(38,39)26-8-6-5-7-9-26/h5-17,21H,3-4,18-20H2,1-2H3,(H,30,35)/t21-/m1/s1. The predicted octanol–water partition coefficient (Wildman–Crippen LogP) is 4.89. The number of anilines is 1. The maximum absolute atomic E-state index is 13.8. The van der Waals surface area contributed by atoms with E-state index < -0.39 is 33.4 Å². The Morgan fingerprint density at radius 1 is 1.00 bits per heavy atom. The van der Waals surface area contributed by atoms with Crippen LogP contribution in [-0.4, -0.2) is 49.2 Å². The summed E-state index contributed by atoms with van der Waals surface area (Å²) < 4.78 is 29.2. The van der Waals surface area contributed by atoms with Crippen LogP contribution in [0.3, 0.4) is 0 Å². The lowest BCUT2D eigenvalue weighted by molar-refractivity contribution is -0.384. The highest BCUT2D eigenvalue weighted by Crippen LogP contribution is 2.26. The number of nitrogens with zero attached hydrogens (tertiary/aromatic N) is 3. The first-order valence-corrected chi connectivity index (χ1v) is 14.9. The first-order chi connectivity index (χ1) is 19.0. The van der Waals surface area contributed by atoms with E-state index in [1.165, 1.54) is 41.3 Å². The van der Waals surface area contributed by atoms with Gasteiger partial charge < -0.3 is 10.2 Å². The number of nitro groups is 1. The Hall–Kier alpha value is -3.77. The van der Waals surface area contributed by atoms with Crippen LogP contribution in [0.2, 0.25) is 0 Å². The van der Waals surface area contributed by atoms with Crippen molar-refractivity contribution in [1.82, 2.24) is 10.2 Å². The second kappa shape index (κ2) is 14.0. The van der Waals surface area contributed by atoms with Crippen molar-refractivity contribution in [1.29, 1.82) is 0 Å². The van der Waals surface area contributed by atoms with Gasteiger partial charge in [-0.25, -0.2) is 8.42 Å². The molecule has 1 atom stereocenters. The highest BCUT2D eigenvalue weighted by molar-refractivity contribution is 9.10. The van der Waals surface area contributed by atoms with Gasteiger partial charge in [0, 0.05) is 29.7 Å². The molecule has 2 amide bonds. The van der Waals surface area contributed by atoms with E-state index in [1.54, 1.807) is 37.3 Å². The number of hydrogen-bond donors (Lipinski definition) is 1. The van der Waals surface area contributed by atoms with Crippen molar-refractivity contribution in [2.75, 3.05) is 17.4 Å². The molecule has 10 nitrogen and oxygen atoms in total. The maximum Gasteiger partial charge on any atom is 0.269 e. The van der Waals surface area contributed by atoms with Gasteiger partial charge >= 0.3 is 0 Å². The average Bonchev–Trinajstić information content (AvgIpc) is 2.95. The Bertz CT molecular complexity index is 1420. The molecule has 12 heteroatoms. The number of halogens is 1. The van der Waals surface area contributed by atoms with Crippen molar-refractivity contribution in [3.8, 4) is 0 Å². The Morgan fingerprint density at radius 2 is 1.62 bits per heavy atom. The predicted molar refractivity (Wildman–Crippen MR) is 156 cm³/mol. The van der Waals surface area contributed by atoms with Gasteiger partial charge in [0.15, 0.2) is 0 Å². The van der Waals surface area contributed by atoms with Crippen LogP contribution in [0.5, 0.6) is 0 Å². The first-order valence-electron chi connectivity index (χ1n) is 12.7. The summed E-state index contributed by atoms with van der Waals surface area (Å²) in [7, 11) is -4.25. The summed E-state index contributed by atoms with van der Waals surface area (Å²) in [5, 5.41) is 14.0. The van der Waals surface area contributed by atoms with Crippen LogP contribution in [0.1, 0.15) is 32.3 Å². The molecular weight excluding hydrogens is 600 g/mol. The van der Waals surface area contributed by atoms with Crippen molar-refractivity contribution in [3.05, 3.63) is 99.0 Å². The molecule has 3 aromatic carbocycles. The lowest BCUT2D eigenvalue weighted by Gasteiger charge is -2.32. The SMILES string of the molecule is CCCCNC(=O)[C@@H](C)N(Cc1ccc(Br)cc1)C(=O)CN(c1ccc([N+](=O)[O-])cc1)S(=O)(=O)c1ccccc1. The van der Waals surface area contributed by atoms with Crippen LogP contribution in [0, 0.1) is 10.1 Å². The Kier molecular flexibility index (Phi) is 10.8. The highest BCUT2D eigenvalue weighted by atomic mass is 79.9. The molecule has 0 aliphatic heterocycles. The summed E-state index contributed by atoms with van der Waals surface area (Å²) in [5.41, 5.74) is 0.602. The molecule has 0 aliphatic rings. The Labute approximate surface area is 242 Å². The summed E-state index contributed by atoms with van der Waals surface area (Å²) in [4.78, 5) is 38.7. The van der Waals surface area contributed by atoms with Crippen molar-refractivity contribution in [2.45, 2.75) is 44.2 Å². The van der Waals surface area contributed by atoms with Gasteiger partial charge in [-0.1, -0.05) is 59.6 Å². The van der Waals surface area contributed by atoms with Gasteiger partial charge in [-0.15, -0.1) is 0 Å². The molecular formula is C28H31BrN4O6S. The van der Waals surface area contributed by atoms with E-state index in [9.17, 15) is 28.1 Å². The fourth-order valence-electron chi connectivity index (χ4n) is 3.89. The zero-order chi connectivity index (χ0) is 29.3. The molecule has 0 aromatic heterocycles. The van der Waals surface area contributed by atoms with Crippen LogP contribution in [-0.2, 0) is 26.2 Å². The summed E-state index contributed by atoms with van der Waals surface area (Å²) in [6, 6.07) is 18.9. The number of nitrogens with one attached hydrogen (secondary N) is 1. The van der Waals surface area contributed by atoms with E-state index in [4.69, 9.17) is 0 Å². The number of benzene rings is 3. The number of non-ortho nitro benzene ring substituents is 1. The molecule has 0 heterocycles. The van der Waals surface area contributed by atoms with Crippen molar-refractivity contribution in [2.24, 2.45) is 0 Å². The van der Waals surface area contributed by atoms with Crippen molar-refractivity contribution in [3.63, 3.8) is 0 Å². The minimum absolute atomic E-state index is 0.0500. The summed E-state index contributed by atoms with van der Waals surface area (Å²) in [6.07, 6.45) is 1.67. The van der Waals surface area contributed by atoms with E-state index in [2.05, 4.69) is 21.2 Å². The average molecular weight is 632 g/mol. The van der Waals surface area contributed by atoms with Crippen LogP contribution >= 0.6 is 15.9 Å². The van der Waals surface area contributed by atoms with E-state index in [1.807, 2.05) is 19.1 Å². The third kappa shape index (κ3) is 7.89. The van der Waals surface area contributed by atoms with E-state index in [-0.39, 0.29) is 28.7 Å². The molecule has 3 aromatic rings. The van der Waals surface area contributed by atoms with Crippen LogP contribution in [0.15, 0.2) is 88.2 Å². The molecule has 1 N–H and O–H groups in total. The number of sulfonamides is 1. The summed E-state index contributed by atoms with van der Waals surface area (Å²) >= 11 is 3.38. The summed E-state index contributed by atoms with van der Waals surface area (Å²) in [6.45, 7) is 3.49. The normalized spacial score (nSPS) is 11.9. The molecule has 0 bridgehead atoms. The summed E-state index contributed by atoms with van der Waals surface area (Å²) in [5.74, 6) is -0.967. The molecule has 0 spiro atoms. The fourth-order valence-corrected chi connectivity index (χ4v) is 5.59. The quantitative estimate of drug-likeness (QED) is 0.163. The number of unbranched alkanes of at least 4 members (excludes halogenated alkanes) is 1. The largest absolute Gasteiger partial charge is 0.354 e. The number of carbonyl (C=O) groups is 2. The van der Waals surface area contributed by atoms with Gasteiger partial charge in [0.05, 0.1) is 15.5 Å². The zero-order valence-corrected chi connectivity index (χ0v) is 24.6. The van der Waals surface area contributed by atoms with Gasteiger partial charge in [0.25, 0.3) is 15.7 Å². The smallest absolute Gasteiger partial charge is 0.269 e. The molecule has 0 fully saturated rings. The third-order valence-electron chi connectivity index (χ3n) is 6.22. The highest BCUT2D eigenvalue weighted by Gasteiger charge is 2.32. The fraction of sp³-hybridized carbons (Fsp3) is 0.286. The molecule has 0 saturated heterocycles. The van der Waals surface area contributed by atoms with Crippen molar-refractivity contribution >= 4 is 49.1 Å². The number of nitro benzene ring substituents is 1. The van der Waals surface area contributed by atoms with Crippen LogP contribution in [0.25, 0.3) is 0 Å². The van der Waals surface area contributed by atoms with Gasteiger partial charge in [-0.3, -0.25) is 24.0 Å². The second-order valence-electron chi connectivity index (χ2n) is 9.07. The van der Waals surface area contributed by atoms with Gasteiger partial charge in [-0.2, -0.15) is 0 Å². The number of carbonyl (C=O) groups excluding carboxylic acids is 2. The zero-order valence-electron chi connectivity index (χ0n) is 22.2. The molecule has 3 rings (SSSR count). The van der Waals surface area contributed by atoms with E-state index in [0.29, 0.717) is 6.54 Å². The third-order valence-corrected chi connectivity index (χ3v) is 8.54. The number of amides is 2. The molecule has 40 heavy (non-hydrogen) atoms. The first kappa shape index (κ1) is 30.8. The maximum atomic E-state index is 13.8. The molecule has 0 aliphatic carbocycles. The molecule has 0 saturated carbocycles. The van der Waals surface area contributed by atoms with Gasteiger partial charge in [0.1, 0.15) is 12.6 Å². The molecule has 212 valence electrons. The lowest BCUT2D eigenvalue weighted by atomic mass is 10.1. The van der Waals surface area contributed by atoms with Gasteiger partial charge in [0.2, 0.25) is 11.8 Å². The van der Waals surface area contributed by atoms with Crippen molar-refractivity contribution < 1.29 is 22.9 Å². The van der Waals surface area contributed by atoms with Gasteiger partial charge in [-0.05, 0) is 55.3 Å². The Balaban J connectivity index is 2.00. The van der Waals surface area contributed by atoms with Crippen LogP contribution in [0.4, 0.5) is 11.4 Å². The molecule has 0 radical (unpaired) electrons. The minimum atomic E-state index is -4.25. The van der Waals surface area contributed by atoms with Crippen LogP contribution < -0.4 is 9.62 Å². The lowest BCUT2D eigenvalue weighted by Crippen LogP contribution is -2.51. The number of hydrogen-bond acceptors (Lipinski definition) is 6. The number of rotatable bonds is 13. The van der Waals surface area contributed by atoms with E-state index >= 15 is 0 Å². The monoisotopic (exact) mass is 630 g/mol.